The van der Waals surface area contributed by atoms with Crippen LogP contribution in [0.5, 0.6) is 0 Å². The van der Waals surface area contributed by atoms with Crippen LogP contribution in [0.1, 0.15) is 61.2 Å². The van der Waals surface area contributed by atoms with Crippen molar-refractivity contribution in [3.63, 3.8) is 0 Å². The van der Waals surface area contributed by atoms with E-state index < -0.39 is 35.3 Å². The number of nitrogens with zero attached hydrogens (tertiary/aromatic N) is 2. The number of rotatable bonds is 8. The molecule has 2 aliphatic rings. The molecule has 12 heteroatoms. The fourth-order valence-electron chi connectivity index (χ4n) is 4.25. The molecule has 3 rings (SSSR count). The highest BCUT2D eigenvalue weighted by atomic mass is 35.5. The van der Waals surface area contributed by atoms with Gasteiger partial charge >= 0.3 is 0 Å². The standard InChI is InChI=1S/C21H29ClFN5O5/c1-12-9-16(27-33-12)19(30)25-15(10-13-5-3-2-4-6-13)20(31)26-28(21(32)17(22)23)11-14-7-8-24-18(14)29/h9,13-15,17H,2-8,10-11H2,1H3,(H,24,29)(H,25,30)(H,26,31)/t14?,15-,17?/m0/s1. The second-order valence-electron chi connectivity index (χ2n) is 8.59. The molecule has 1 aliphatic carbocycles. The van der Waals surface area contributed by atoms with Gasteiger partial charge in [-0.15, -0.1) is 0 Å². The summed E-state index contributed by atoms with van der Waals surface area (Å²) >= 11 is 5.33. The highest BCUT2D eigenvalue weighted by molar-refractivity contribution is 6.29. The van der Waals surface area contributed by atoms with Gasteiger partial charge in [0.15, 0.2) is 5.69 Å². The third kappa shape index (κ3) is 6.89. The summed E-state index contributed by atoms with van der Waals surface area (Å²) in [6.07, 6.45) is 5.81. The van der Waals surface area contributed by atoms with Crippen molar-refractivity contribution in [2.24, 2.45) is 11.8 Å². The molecule has 3 N–H and O–H groups in total. The maximum Gasteiger partial charge on any atom is 0.291 e. The minimum Gasteiger partial charge on any atom is -0.361 e. The molecule has 1 aromatic heterocycles. The molecule has 1 aliphatic heterocycles. The van der Waals surface area contributed by atoms with Gasteiger partial charge in [-0.2, -0.15) is 0 Å². The molecule has 1 aromatic rings. The fourth-order valence-corrected chi connectivity index (χ4v) is 4.37. The van der Waals surface area contributed by atoms with Crippen LogP contribution >= 0.6 is 11.6 Å². The van der Waals surface area contributed by atoms with Crippen LogP contribution in [0, 0.1) is 18.8 Å². The molecule has 33 heavy (non-hydrogen) atoms. The van der Waals surface area contributed by atoms with Crippen molar-refractivity contribution in [1.82, 2.24) is 26.2 Å². The third-order valence-electron chi connectivity index (χ3n) is 6.04. The Morgan fingerprint density at radius 1 is 1.30 bits per heavy atom. The number of hydrogen-bond acceptors (Lipinski definition) is 6. The van der Waals surface area contributed by atoms with Gasteiger partial charge in [0.25, 0.3) is 23.4 Å². The lowest BCUT2D eigenvalue weighted by Gasteiger charge is -2.30. The number of halogens is 2. The lowest BCUT2D eigenvalue weighted by Crippen LogP contribution is -2.57. The largest absolute Gasteiger partial charge is 0.361 e. The zero-order valence-electron chi connectivity index (χ0n) is 18.4. The number of hydrogen-bond donors (Lipinski definition) is 3. The molecule has 4 amide bonds. The Morgan fingerprint density at radius 3 is 2.61 bits per heavy atom. The molecule has 10 nitrogen and oxygen atoms in total. The van der Waals surface area contributed by atoms with E-state index in [4.69, 9.17) is 16.1 Å². The lowest BCUT2D eigenvalue weighted by molar-refractivity contribution is -0.145. The number of carbonyl (C=O) groups excluding carboxylic acids is 4. The Kier molecular flexibility index (Phi) is 8.65. The summed E-state index contributed by atoms with van der Waals surface area (Å²) in [5.74, 6) is -2.72. The summed E-state index contributed by atoms with van der Waals surface area (Å²) < 4.78 is 18.5. The highest BCUT2D eigenvalue weighted by Crippen LogP contribution is 2.27. The molecule has 2 heterocycles. The molecular formula is C21H29ClFN5O5. The molecule has 0 radical (unpaired) electrons. The van der Waals surface area contributed by atoms with Crippen LogP contribution in [0.25, 0.3) is 0 Å². The van der Waals surface area contributed by atoms with E-state index in [0.717, 1.165) is 37.1 Å². The molecule has 0 bridgehead atoms. The van der Waals surface area contributed by atoms with E-state index in [2.05, 4.69) is 21.2 Å². The van der Waals surface area contributed by atoms with Gasteiger partial charge in [0.2, 0.25) is 5.91 Å². The van der Waals surface area contributed by atoms with Crippen LogP contribution in [-0.4, -0.2) is 58.6 Å². The first kappa shape index (κ1) is 24.9. The maximum atomic E-state index is 13.6. The van der Waals surface area contributed by atoms with E-state index >= 15 is 0 Å². The number of aryl methyl sites for hydroxylation is 1. The van der Waals surface area contributed by atoms with Gasteiger partial charge < -0.3 is 15.2 Å². The Bertz CT molecular complexity index is 873. The number of amides is 4. The summed E-state index contributed by atoms with van der Waals surface area (Å²) in [6.45, 7) is 1.84. The highest BCUT2D eigenvalue weighted by Gasteiger charge is 2.34. The number of nitrogens with one attached hydrogen (secondary N) is 3. The van der Waals surface area contributed by atoms with Gasteiger partial charge in [-0.05, 0) is 25.7 Å². The topological polar surface area (TPSA) is 134 Å². The first-order valence-electron chi connectivity index (χ1n) is 11.2. The zero-order chi connectivity index (χ0) is 24.0. The first-order valence-corrected chi connectivity index (χ1v) is 11.6. The Morgan fingerprint density at radius 2 is 2.03 bits per heavy atom. The van der Waals surface area contributed by atoms with Gasteiger partial charge in [0.05, 0.1) is 12.5 Å². The molecule has 1 saturated heterocycles. The van der Waals surface area contributed by atoms with Crippen LogP contribution in [0.4, 0.5) is 4.39 Å². The van der Waals surface area contributed by atoms with Gasteiger partial charge in [0, 0.05) is 12.6 Å². The zero-order valence-corrected chi connectivity index (χ0v) is 19.2. The van der Waals surface area contributed by atoms with Gasteiger partial charge in [0.1, 0.15) is 11.8 Å². The maximum absolute atomic E-state index is 13.6. The van der Waals surface area contributed by atoms with E-state index in [1.165, 1.54) is 6.07 Å². The predicted molar refractivity (Wildman–Crippen MR) is 115 cm³/mol. The summed E-state index contributed by atoms with van der Waals surface area (Å²) in [5, 5.41) is 9.68. The molecule has 1 saturated carbocycles. The van der Waals surface area contributed by atoms with Gasteiger partial charge in [-0.3, -0.25) is 24.6 Å². The van der Waals surface area contributed by atoms with E-state index in [1.807, 2.05) is 0 Å². The van der Waals surface area contributed by atoms with E-state index in [1.54, 1.807) is 6.92 Å². The average molecular weight is 486 g/mol. The summed E-state index contributed by atoms with van der Waals surface area (Å²) in [5.41, 5.74) is 0.0119. The number of alkyl halides is 2. The molecule has 0 aromatic carbocycles. The monoisotopic (exact) mass is 485 g/mol. The molecule has 2 fully saturated rings. The van der Waals surface area contributed by atoms with Crippen molar-refractivity contribution in [1.29, 1.82) is 0 Å². The van der Waals surface area contributed by atoms with Gasteiger partial charge in [-0.1, -0.05) is 48.9 Å². The number of carbonyl (C=O) groups is 4. The van der Waals surface area contributed by atoms with E-state index in [9.17, 15) is 23.6 Å². The Balaban J connectivity index is 1.74. The number of aromatic nitrogens is 1. The van der Waals surface area contributed by atoms with Crippen LogP contribution in [-0.2, 0) is 14.4 Å². The summed E-state index contributed by atoms with van der Waals surface area (Å²) in [6, 6.07) is 0.444. The third-order valence-corrected chi connectivity index (χ3v) is 6.23. The van der Waals surface area contributed by atoms with Crippen molar-refractivity contribution in [2.75, 3.05) is 13.1 Å². The molecule has 0 spiro atoms. The smallest absolute Gasteiger partial charge is 0.291 e. The van der Waals surface area contributed by atoms with Crippen LogP contribution in [0.15, 0.2) is 10.6 Å². The van der Waals surface area contributed by atoms with Crippen LogP contribution < -0.4 is 16.1 Å². The van der Waals surface area contributed by atoms with Crippen molar-refractivity contribution in [3.05, 3.63) is 17.5 Å². The second kappa shape index (κ2) is 11.4. The van der Waals surface area contributed by atoms with Crippen molar-refractivity contribution >= 4 is 35.2 Å². The van der Waals surface area contributed by atoms with Crippen LogP contribution in [0.2, 0.25) is 0 Å². The predicted octanol–water partition coefficient (Wildman–Crippen LogP) is 1.58. The van der Waals surface area contributed by atoms with E-state index in [-0.39, 0.29) is 24.1 Å². The summed E-state index contributed by atoms with van der Waals surface area (Å²) in [4.78, 5) is 50.0. The van der Waals surface area contributed by atoms with Crippen LogP contribution in [0.3, 0.4) is 0 Å². The van der Waals surface area contributed by atoms with E-state index in [0.29, 0.717) is 25.1 Å². The lowest BCUT2D eigenvalue weighted by atomic mass is 9.84. The molecule has 182 valence electrons. The molecular weight excluding hydrogens is 457 g/mol. The molecule has 2 unspecified atom stereocenters. The van der Waals surface area contributed by atoms with Crippen molar-refractivity contribution < 1.29 is 28.1 Å². The van der Waals surface area contributed by atoms with Crippen molar-refractivity contribution in [3.8, 4) is 0 Å². The minimum absolute atomic E-state index is 0.0223. The molecule has 3 atom stereocenters. The second-order valence-corrected chi connectivity index (χ2v) is 8.97. The number of hydrazine groups is 1. The quantitative estimate of drug-likeness (QED) is 0.378. The van der Waals surface area contributed by atoms with Crippen molar-refractivity contribution in [2.45, 2.75) is 63.5 Å². The first-order chi connectivity index (χ1) is 15.7. The Labute approximate surface area is 195 Å². The minimum atomic E-state index is -2.39. The fraction of sp³-hybridized carbons (Fsp3) is 0.667. The van der Waals surface area contributed by atoms with Gasteiger partial charge in [-0.25, -0.2) is 9.40 Å². The normalized spacial score (nSPS) is 20.6. The average Bonchev–Trinajstić information content (AvgIpc) is 3.40. The Hall–Kier alpha value is -2.69. The SMILES string of the molecule is Cc1cc(C(=O)N[C@@H](CC2CCCCC2)C(=O)NN(CC2CCNC2=O)C(=O)C(F)Cl)no1. The summed E-state index contributed by atoms with van der Waals surface area (Å²) in [7, 11) is 0.